The van der Waals surface area contributed by atoms with Crippen molar-refractivity contribution in [2.24, 2.45) is 7.05 Å². The van der Waals surface area contributed by atoms with Crippen LogP contribution in [0.5, 0.6) is 5.75 Å². The number of hydrogen-bond donors (Lipinski definition) is 2. The molecule has 2 N–H and O–H groups in total. The highest BCUT2D eigenvalue weighted by molar-refractivity contribution is 5.47. The second kappa shape index (κ2) is 4.68. The number of aromatic hydroxyl groups is 1. The summed E-state index contributed by atoms with van der Waals surface area (Å²) in [4.78, 5) is 0. The van der Waals surface area contributed by atoms with Crippen molar-refractivity contribution in [2.75, 3.05) is 5.32 Å². The van der Waals surface area contributed by atoms with Crippen LogP contribution >= 0.6 is 0 Å². The maximum atomic E-state index is 13.2. The molecule has 1 aromatic heterocycles. The Hall–Kier alpha value is -2.04. The second-order valence-corrected chi connectivity index (χ2v) is 4.29. The first-order valence-electron chi connectivity index (χ1n) is 5.70. The van der Waals surface area contributed by atoms with Gasteiger partial charge in [0.05, 0.1) is 5.69 Å². The Kier molecular flexibility index (Phi) is 3.23. The number of anilines is 1. The minimum absolute atomic E-state index is 0.339. The maximum absolute atomic E-state index is 13.2. The summed E-state index contributed by atoms with van der Waals surface area (Å²) < 4.78 is 15.0. The van der Waals surface area contributed by atoms with Crippen molar-refractivity contribution in [3.63, 3.8) is 0 Å². The number of phenols is 1. The average Bonchev–Trinajstić information content (AvgIpc) is 2.56. The average molecular weight is 249 g/mol. The van der Waals surface area contributed by atoms with Gasteiger partial charge < -0.3 is 10.4 Å². The van der Waals surface area contributed by atoms with E-state index in [2.05, 4.69) is 10.4 Å². The van der Waals surface area contributed by atoms with Crippen LogP contribution in [0.15, 0.2) is 18.2 Å². The first-order chi connectivity index (χ1) is 8.49. The van der Waals surface area contributed by atoms with E-state index in [1.165, 1.54) is 12.1 Å². The molecule has 0 saturated heterocycles. The summed E-state index contributed by atoms with van der Waals surface area (Å²) >= 11 is 0. The summed E-state index contributed by atoms with van der Waals surface area (Å²) in [5.41, 5.74) is 3.78. The fourth-order valence-electron chi connectivity index (χ4n) is 1.88. The van der Waals surface area contributed by atoms with Gasteiger partial charge in [-0.3, -0.25) is 4.68 Å². The van der Waals surface area contributed by atoms with Crippen molar-refractivity contribution in [3.05, 3.63) is 41.0 Å². The van der Waals surface area contributed by atoms with Crippen LogP contribution in [-0.2, 0) is 13.6 Å². The Morgan fingerprint density at radius 2 is 2.11 bits per heavy atom. The molecular weight excluding hydrogens is 233 g/mol. The first-order valence-corrected chi connectivity index (χ1v) is 5.70. The third-order valence-corrected chi connectivity index (χ3v) is 3.08. The Balaban J connectivity index is 2.14. The van der Waals surface area contributed by atoms with Gasteiger partial charge in [0.2, 0.25) is 0 Å². The molecule has 0 atom stereocenters. The minimum Gasteiger partial charge on any atom is -0.505 e. The largest absolute Gasteiger partial charge is 0.505 e. The number of phenolic OH excluding ortho intramolecular Hbond substituents is 1. The van der Waals surface area contributed by atoms with Crippen LogP contribution in [0.25, 0.3) is 0 Å². The molecule has 0 fully saturated rings. The summed E-state index contributed by atoms with van der Waals surface area (Å²) in [6.07, 6.45) is 0. The van der Waals surface area contributed by atoms with Crippen molar-refractivity contribution >= 4 is 5.69 Å². The lowest BCUT2D eigenvalue weighted by atomic mass is 10.2. The van der Waals surface area contributed by atoms with Gasteiger partial charge in [-0.25, -0.2) is 4.39 Å². The number of aromatic nitrogens is 2. The molecule has 0 unspecified atom stereocenters. The topological polar surface area (TPSA) is 50.1 Å². The molecular formula is C13H16FN3O. The molecule has 2 rings (SSSR count). The van der Waals surface area contributed by atoms with Crippen LogP contribution in [0.4, 0.5) is 10.1 Å². The summed E-state index contributed by atoms with van der Waals surface area (Å²) in [7, 11) is 1.89. The molecule has 0 spiro atoms. The van der Waals surface area contributed by atoms with Crippen molar-refractivity contribution in [1.82, 2.24) is 9.78 Å². The van der Waals surface area contributed by atoms with E-state index in [0.29, 0.717) is 12.2 Å². The highest BCUT2D eigenvalue weighted by Gasteiger charge is 2.09. The van der Waals surface area contributed by atoms with Gasteiger partial charge in [0.15, 0.2) is 11.6 Å². The zero-order valence-corrected chi connectivity index (χ0v) is 10.7. The summed E-state index contributed by atoms with van der Waals surface area (Å²) in [5.74, 6) is -0.964. The van der Waals surface area contributed by atoms with E-state index in [0.717, 1.165) is 17.0 Å². The van der Waals surface area contributed by atoms with E-state index >= 15 is 0 Å². The van der Waals surface area contributed by atoms with Gasteiger partial charge in [0.25, 0.3) is 0 Å². The molecule has 0 radical (unpaired) electrons. The van der Waals surface area contributed by atoms with Crippen LogP contribution in [0.1, 0.15) is 17.0 Å². The number of nitrogens with zero attached hydrogens (tertiary/aromatic N) is 2. The van der Waals surface area contributed by atoms with Gasteiger partial charge in [0, 0.05) is 36.6 Å². The Morgan fingerprint density at radius 1 is 1.39 bits per heavy atom. The van der Waals surface area contributed by atoms with Crippen molar-refractivity contribution in [2.45, 2.75) is 20.4 Å². The van der Waals surface area contributed by atoms with Crippen molar-refractivity contribution in [3.8, 4) is 5.75 Å². The van der Waals surface area contributed by atoms with E-state index in [1.54, 1.807) is 6.07 Å². The van der Waals surface area contributed by atoms with E-state index in [9.17, 15) is 4.39 Å². The van der Waals surface area contributed by atoms with Crippen molar-refractivity contribution < 1.29 is 9.50 Å². The number of nitrogens with one attached hydrogen (secondary N) is 1. The molecule has 0 aliphatic rings. The molecule has 96 valence electrons. The lowest BCUT2D eigenvalue weighted by Gasteiger charge is -2.07. The highest BCUT2D eigenvalue weighted by atomic mass is 19.1. The fourth-order valence-corrected chi connectivity index (χ4v) is 1.88. The van der Waals surface area contributed by atoms with Crippen LogP contribution in [0.3, 0.4) is 0 Å². The molecule has 2 aromatic rings. The van der Waals surface area contributed by atoms with Crippen molar-refractivity contribution in [1.29, 1.82) is 0 Å². The van der Waals surface area contributed by atoms with Crippen LogP contribution in [0, 0.1) is 19.7 Å². The van der Waals surface area contributed by atoms with Gasteiger partial charge in [-0.1, -0.05) is 0 Å². The lowest BCUT2D eigenvalue weighted by molar-refractivity contribution is 0.432. The Labute approximate surface area is 105 Å². The van der Waals surface area contributed by atoms with Gasteiger partial charge in [0.1, 0.15) is 0 Å². The van der Waals surface area contributed by atoms with Crippen LogP contribution in [-0.4, -0.2) is 14.9 Å². The molecule has 18 heavy (non-hydrogen) atoms. The van der Waals surface area contributed by atoms with Gasteiger partial charge >= 0.3 is 0 Å². The quantitative estimate of drug-likeness (QED) is 0.822. The van der Waals surface area contributed by atoms with E-state index < -0.39 is 5.82 Å². The number of aryl methyl sites for hydroxylation is 2. The molecule has 0 aliphatic heterocycles. The third-order valence-electron chi connectivity index (χ3n) is 3.08. The molecule has 1 heterocycles. The summed E-state index contributed by atoms with van der Waals surface area (Å²) in [6, 6.07) is 4.25. The predicted octanol–water partition coefficient (Wildman–Crippen LogP) is 2.49. The number of halogens is 1. The number of hydrogen-bond acceptors (Lipinski definition) is 3. The van der Waals surface area contributed by atoms with Crippen LogP contribution < -0.4 is 5.32 Å². The van der Waals surface area contributed by atoms with E-state index in [-0.39, 0.29) is 5.75 Å². The SMILES string of the molecule is Cc1nn(C)c(C)c1CNc1ccc(O)c(F)c1. The maximum Gasteiger partial charge on any atom is 0.166 e. The molecule has 0 aliphatic carbocycles. The third kappa shape index (κ3) is 2.30. The van der Waals surface area contributed by atoms with Gasteiger partial charge in [-0.15, -0.1) is 0 Å². The van der Waals surface area contributed by atoms with Crippen LogP contribution in [0.2, 0.25) is 0 Å². The molecule has 0 saturated carbocycles. The fraction of sp³-hybridized carbons (Fsp3) is 0.308. The minimum atomic E-state index is -0.625. The molecule has 4 nitrogen and oxygen atoms in total. The normalized spacial score (nSPS) is 10.7. The Bertz CT molecular complexity index is 578. The number of rotatable bonds is 3. The predicted molar refractivity (Wildman–Crippen MR) is 68.1 cm³/mol. The Morgan fingerprint density at radius 3 is 2.67 bits per heavy atom. The zero-order valence-electron chi connectivity index (χ0n) is 10.7. The number of benzene rings is 1. The van der Waals surface area contributed by atoms with Gasteiger partial charge in [-0.2, -0.15) is 5.10 Å². The monoisotopic (exact) mass is 249 g/mol. The molecule has 0 amide bonds. The summed E-state index contributed by atoms with van der Waals surface area (Å²) in [6.45, 7) is 4.52. The first kappa shape index (κ1) is 12.4. The highest BCUT2D eigenvalue weighted by Crippen LogP contribution is 2.20. The molecule has 1 aromatic carbocycles. The zero-order chi connectivity index (χ0) is 13.3. The van der Waals surface area contributed by atoms with E-state index in [4.69, 9.17) is 5.11 Å². The van der Waals surface area contributed by atoms with Gasteiger partial charge in [-0.05, 0) is 26.0 Å². The lowest BCUT2D eigenvalue weighted by Crippen LogP contribution is -2.02. The molecule has 5 heteroatoms. The standard InChI is InChI=1S/C13H16FN3O/c1-8-11(9(2)17(3)16-8)7-15-10-4-5-13(18)12(14)6-10/h4-6,15,18H,7H2,1-3H3. The smallest absolute Gasteiger partial charge is 0.166 e. The van der Waals surface area contributed by atoms with E-state index in [1.807, 2.05) is 25.6 Å². The summed E-state index contributed by atoms with van der Waals surface area (Å²) in [5, 5.41) is 16.5. The molecule has 0 bridgehead atoms. The second-order valence-electron chi connectivity index (χ2n) is 4.29.